The minimum atomic E-state index is -0.479. The first-order chi connectivity index (χ1) is 16.9. The van der Waals surface area contributed by atoms with Crippen LogP contribution in [0.5, 0.6) is 5.75 Å². The molecule has 4 aromatic rings. The van der Waals surface area contributed by atoms with Gasteiger partial charge in [-0.1, -0.05) is 29.8 Å². The third-order valence-corrected chi connectivity index (χ3v) is 6.69. The second-order valence-electron chi connectivity index (χ2n) is 8.34. The van der Waals surface area contributed by atoms with Crippen molar-refractivity contribution in [3.63, 3.8) is 0 Å². The molecule has 0 bridgehead atoms. The van der Waals surface area contributed by atoms with E-state index < -0.39 is 17.3 Å². The molecule has 1 fully saturated rings. The molecule has 2 aromatic carbocycles. The summed E-state index contributed by atoms with van der Waals surface area (Å²) in [5, 5.41) is 1.36. The molecule has 0 atom stereocenters. The fraction of sp³-hybridized carbons (Fsp3) is 0.280. The van der Waals surface area contributed by atoms with Crippen molar-refractivity contribution in [1.29, 1.82) is 0 Å². The van der Waals surface area contributed by atoms with Crippen LogP contribution in [0.1, 0.15) is 18.9 Å². The molecule has 3 heterocycles. The van der Waals surface area contributed by atoms with Crippen LogP contribution in [0, 0.1) is 0 Å². The van der Waals surface area contributed by atoms with Gasteiger partial charge in [-0.05, 0) is 37.1 Å². The molecule has 180 valence electrons. The molecule has 2 aromatic heterocycles. The number of rotatable bonds is 3. The number of carbonyl (C=O) groups excluding carboxylic acids is 1. The summed E-state index contributed by atoms with van der Waals surface area (Å²) in [6.07, 6.45) is 2.13. The van der Waals surface area contributed by atoms with Crippen molar-refractivity contribution in [2.75, 3.05) is 27.3 Å². The van der Waals surface area contributed by atoms with Crippen LogP contribution in [0.4, 0.5) is 4.79 Å². The number of para-hydroxylation sites is 1. The second-order valence-corrected chi connectivity index (χ2v) is 8.77. The first-order valence-electron chi connectivity index (χ1n) is 11.2. The maximum Gasteiger partial charge on any atom is 0.409 e. The van der Waals surface area contributed by atoms with Crippen molar-refractivity contribution in [3.8, 4) is 11.4 Å². The number of amides is 1. The Labute approximate surface area is 205 Å². The van der Waals surface area contributed by atoms with E-state index in [2.05, 4.69) is 4.98 Å². The minimum Gasteiger partial charge on any atom is -0.494 e. The highest BCUT2D eigenvalue weighted by Crippen LogP contribution is 2.32. The highest BCUT2D eigenvalue weighted by molar-refractivity contribution is 6.30. The number of benzene rings is 2. The maximum absolute atomic E-state index is 14.0. The molecule has 0 aliphatic carbocycles. The highest BCUT2D eigenvalue weighted by atomic mass is 35.5. The number of ether oxygens (including phenoxy) is 2. The van der Waals surface area contributed by atoms with E-state index in [1.807, 2.05) is 6.07 Å². The van der Waals surface area contributed by atoms with Gasteiger partial charge >= 0.3 is 11.8 Å². The number of methoxy groups -OCH3 is 2. The topological polar surface area (TPSA) is 95.7 Å². The van der Waals surface area contributed by atoms with Crippen LogP contribution in [-0.2, 0) is 4.74 Å². The molecule has 1 saturated heterocycles. The number of pyridine rings is 1. The standard InChI is InChI=1S/C25H23ClN4O5/c1-34-20-8-4-7-18-21(20)27-14-19-22(18)29(16-9-11-28(12-10-16)25(33)35-2)24(32)30(23(19)31)17-6-3-5-15(26)13-17/h3-8,13-14,16H,9-12H2,1-2H3. The van der Waals surface area contributed by atoms with E-state index in [1.165, 1.54) is 13.3 Å². The average Bonchev–Trinajstić information content (AvgIpc) is 2.88. The highest BCUT2D eigenvalue weighted by Gasteiger charge is 2.28. The van der Waals surface area contributed by atoms with Gasteiger partial charge in [-0.15, -0.1) is 0 Å². The normalized spacial score (nSPS) is 14.4. The predicted octanol–water partition coefficient (Wildman–Crippen LogP) is 3.77. The quantitative estimate of drug-likeness (QED) is 0.402. The third-order valence-electron chi connectivity index (χ3n) is 6.45. The predicted molar refractivity (Wildman–Crippen MR) is 133 cm³/mol. The van der Waals surface area contributed by atoms with Crippen molar-refractivity contribution in [3.05, 3.63) is 74.5 Å². The summed E-state index contributed by atoms with van der Waals surface area (Å²) >= 11 is 6.18. The molecular formula is C25H23ClN4O5. The molecule has 0 radical (unpaired) electrons. The Hall–Kier alpha value is -3.85. The van der Waals surface area contributed by atoms with Crippen molar-refractivity contribution >= 4 is 39.5 Å². The van der Waals surface area contributed by atoms with Gasteiger partial charge in [0, 0.05) is 35.7 Å². The fourth-order valence-electron chi connectivity index (χ4n) is 4.79. The minimum absolute atomic E-state index is 0.256. The second kappa shape index (κ2) is 9.07. The number of hydrogen-bond acceptors (Lipinski definition) is 6. The number of halogens is 1. The lowest BCUT2D eigenvalue weighted by molar-refractivity contribution is 0.107. The smallest absolute Gasteiger partial charge is 0.409 e. The van der Waals surface area contributed by atoms with Crippen LogP contribution >= 0.6 is 11.6 Å². The number of carbonyl (C=O) groups is 1. The van der Waals surface area contributed by atoms with Gasteiger partial charge < -0.3 is 14.4 Å². The van der Waals surface area contributed by atoms with Crippen molar-refractivity contribution < 1.29 is 14.3 Å². The molecule has 0 N–H and O–H groups in total. The number of piperidine rings is 1. The SMILES string of the molecule is COC(=O)N1CCC(n2c(=O)n(-c3cccc(Cl)c3)c(=O)c3cnc4c(OC)cccc4c32)CC1. The van der Waals surface area contributed by atoms with E-state index in [0.29, 0.717) is 64.2 Å². The number of fused-ring (bicyclic) bond motifs is 3. The number of nitrogens with zero attached hydrogens (tertiary/aromatic N) is 4. The van der Waals surface area contributed by atoms with E-state index in [0.717, 1.165) is 4.57 Å². The zero-order chi connectivity index (χ0) is 24.7. The lowest BCUT2D eigenvalue weighted by Gasteiger charge is -2.33. The Morgan fingerprint density at radius 3 is 2.49 bits per heavy atom. The van der Waals surface area contributed by atoms with Crippen LogP contribution < -0.4 is 16.0 Å². The van der Waals surface area contributed by atoms with Gasteiger partial charge in [-0.2, -0.15) is 0 Å². The maximum atomic E-state index is 14.0. The molecule has 1 aliphatic heterocycles. The first kappa shape index (κ1) is 22.9. The first-order valence-corrected chi connectivity index (χ1v) is 11.5. The van der Waals surface area contributed by atoms with Gasteiger partial charge in [0.2, 0.25) is 0 Å². The molecule has 5 rings (SSSR count). The van der Waals surface area contributed by atoms with Crippen LogP contribution in [-0.4, -0.2) is 52.4 Å². The van der Waals surface area contributed by atoms with Gasteiger partial charge in [0.15, 0.2) is 0 Å². The van der Waals surface area contributed by atoms with Crippen LogP contribution in [0.25, 0.3) is 27.5 Å². The van der Waals surface area contributed by atoms with Crippen molar-refractivity contribution in [1.82, 2.24) is 19.0 Å². The Bertz CT molecular complexity index is 1570. The molecule has 1 amide bonds. The van der Waals surface area contributed by atoms with E-state index >= 15 is 0 Å². The van der Waals surface area contributed by atoms with E-state index in [9.17, 15) is 14.4 Å². The summed E-state index contributed by atoms with van der Waals surface area (Å²) in [6, 6.07) is 11.8. The van der Waals surface area contributed by atoms with E-state index in [-0.39, 0.29) is 6.04 Å². The monoisotopic (exact) mass is 494 g/mol. The summed E-state index contributed by atoms with van der Waals surface area (Å²) in [4.78, 5) is 45.8. The Balaban J connectivity index is 1.82. The van der Waals surface area contributed by atoms with Gasteiger partial charge in [0.1, 0.15) is 11.3 Å². The molecule has 0 saturated carbocycles. The van der Waals surface area contributed by atoms with E-state index in [4.69, 9.17) is 21.1 Å². The lowest BCUT2D eigenvalue weighted by atomic mass is 10.0. The van der Waals surface area contributed by atoms with Crippen molar-refractivity contribution in [2.24, 2.45) is 0 Å². The summed E-state index contributed by atoms with van der Waals surface area (Å²) < 4.78 is 13.1. The number of aromatic nitrogens is 3. The molecule has 0 spiro atoms. The Morgan fingerprint density at radius 1 is 1.06 bits per heavy atom. The van der Waals surface area contributed by atoms with Gasteiger partial charge in [-0.3, -0.25) is 14.3 Å². The average molecular weight is 495 g/mol. The zero-order valence-corrected chi connectivity index (χ0v) is 20.0. The van der Waals surface area contributed by atoms with Gasteiger partial charge in [0.05, 0.1) is 30.8 Å². The third kappa shape index (κ3) is 3.81. The van der Waals surface area contributed by atoms with Crippen LogP contribution in [0.2, 0.25) is 5.02 Å². The van der Waals surface area contributed by atoms with Crippen molar-refractivity contribution in [2.45, 2.75) is 18.9 Å². The number of hydrogen-bond donors (Lipinski definition) is 0. The Kier molecular flexibility index (Phi) is 5.94. The van der Waals surface area contributed by atoms with Crippen LogP contribution in [0.15, 0.2) is 58.3 Å². The summed E-state index contributed by atoms with van der Waals surface area (Å²) in [5.74, 6) is 0.544. The molecular weight excluding hydrogens is 472 g/mol. The molecule has 9 nitrogen and oxygen atoms in total. The summed E-state index contributed by atoms with van der Waals surface area (Å²) in [6.45, 7) is 0.849. The van der Waals surface area contributed by atoms with Gasteiger partial charge in [0.25, 0.3) is 5.56 Å². The summed E-state index contributed by atoms with van der Waals surface area (Å²) in [5.41, 5.74) is 0.478. The van der Waals surface area contributed by atoms with Gasteiger partial charge in [-0.25, -0.2) is 14.2 Å². The Morgan fingerprint density at radius 2 is 1.80 bits per heavy atom. The van der Waals surface area contributed by atoms with E-state index in [1.54, 1.807) is 53.0 Å². The zero-order valence-electron chi connectivity index (χ0n) is 19.2. The van der Waals surface area contributed by atoms with Crippen LogP contribution in [0.3, 0.4) is 0 Å². The largest absolute Gasteiger partial charge is 0.494 e. The molecule has 10 heteroatoms. The summed E-state index contributed by atoms with van der Waals surface area (Å²) in [7, 11) is 2.90. The molecule has 35 heavy (non-hydrogen) atoms. The molecule has 1 aliphatic rings. The molecule has 0 unspecified atom stereocenters. The number of likely N-dealkylation sites (tertiary alicyclic amines) is 1. The lowest BCUT2D eigenvalue weighted by Crippen LogP contribution is -2.45. The fourth-order valence-corrected chi connectivity index (χ4v) is 4.98.